The van der Waals surface area contributed by atoms with Crippen molar-refractivity contribution in [3.8, 4) is 11.5 Å². The van der Waals surface area contributed by atoms with Crippen LogP contribution < -0.4 is 14.8 Å². The second kappa shape index (κ2) is 16.3. The van der Waals surface area contributed by atoms with Crippen molar-refractivity contribution in [1.29, 1.82) is 0 Å². The molecule has 2 saturated heterocycles. The number of aromatic nitrogens is 2. The monoisotopic (exact) mass is 805 g/mol. The molecule has 1 saturated carbocycles. The summed E-state index contributed by atoms with van der Waals surface area (Å²) in [5, 5.41) is 4.43. The molecule has 4 aliphatic rings. The molecule has 4 heterocycles. The van der Waals surface area contributed by atoms with Gasteiger partial charge in [-0.1, -0.05) is 48.0 Å². The summed E-state index contributed by atoms with van der Waals surface area (Å²) in [6, 6.07) is 23.6. The zero-order chi connectivity index (χ0) is 38.9. The zero-order valence-electron chi connectivity index (χ0n) is 31.9. The fourth-order valence-electron chi connectivity index (χ4n) is 8.87. The smallest absolute Gasteiger partial charge is 0.268 e. The van der Waals surface area contributed by atoms with Crippen molar-refractivity contribution < 1.29 is 22.7 Å². The number of allylic oxidation sites excluding steroid dienone is 1. The Bertz CT molecular complexity index is 2420. The summed E-state index contributed by atoms with van der Waals surface area (Å²) in [6.07, 6.45) is 15.5. The molecule has 0 radical (unpaired) electrons. The number of fused-ring (bicyclic) bond motifs is 1. The zero-order valence-corrected chi connectivity index (χ0v) is 33.5. The molecule has 12 heteroatoms. The Balaban J connectivity index is 0.939. The molecule has 1 amide bonds. The molecule has 2 unspecified atom stereocenters. The van der Waals surface area contributed by atoms with Gasteiger partial charge in [0.05, 0.1) is 27.4 Å². The number of halogens is 1. The lowest BCUT2D eigenvalue weighted by molar-refractivity contribution is 0.0699. The third kappa shape index (κ3) is 8.34. The van der Waals surface area contributed by atoms with E-state index in [9.17, 15) is 13.2 Å². The quantitative estimate of drug-likeness (QED) is 0.114. The normalized spacial score (nSPS) is 20.7. The Labute approximate surface area is 339 Å². The number of nitrogens with zero attached hydrogens (tertiary/aromatic N) is 2. The number of nitrogens with one attached hydrogen (secondary N) is 3. The molecule has 5 aromatic rings. The highest BCUT2D eigenvalue weighted by molar-refractivity contribution is 7.90. The highest BCUT2D eigenvalue weighted by Crippen LogP contribution is 2.47. The van der Waals surface area contributed by atoms with Gasteiger partial charge in [-0.2, -0.15) is 0 Å². The standard InChI is InChI=1S/C45H48ClN5O5S/c46-40-26-36(14-16-41(40)48-27-29-18-22-55-23-19-29)57(53,54)50-45(52)39-15-11-32(25-43(39)56-35-24-33-17-20-47-44(33)49-28-35)30-9-12-34(13-10-30)51-21-3-6-42(51)38-5-2-1-4-37(38)31-7-8-31/h1-2,4-5,9,11,14-17,20,24-26,28-29,31,34,42,48H,3,6-8,10,12-13,18-19,21-23,27H2,(H,47,49)(H,50,52). The van der Waals surface area contributed by atoms with Gasteiger partial charge in [0.15, 0.2) is 0 Å². The number of anilines is 1. The Hall–Kier alpha value is -4.68. The number of aromatic amines is 1. The number of hydrogen-bond acceptors (Lipinski definition) is 8. The maximum atomic E-state index is 13.9. The molecule has 9 rings (SSSR count). The van der Waals surface area contributed by atoms with E-state index in [0.717, 1.165) is 68.7 Å². The number of sulfonamides is 1. The van der Waals surface area contributed by atoms with E-state index in [1.165, 1.54) is 49.0 Å². The third-order valence-electron chi connectivity index (χ3n) is 12.1. The molecule has 0 bridgehead atoms. The fourth-order valence-corrected chi connectivity index (χ4v) is 10.2. The molecule has 3 fully saturated rings. The molecule has 2 atom stereocenters. The van der Waals surface area contributed by atoms with Crippen LogP contribution in [-0.4, -0.2) is 61.5 Å². The first-order valence-corrected chi connectivity index (χ1v) is 22.1. The van der Waals surface area contributed by atoms with E-state index in [0.29, 0.717) is 41.6 Å². The van der Waals surface area contributed by atoms with Crippen LogP contribution in [0.4, 0.5) is 5.69 Å². The predicted octanol–water partition coefficient (Wildman–Crippen LogP) is 9.62. The molecule has 2 aliphatic heterocycles. The van der Waals surface area contributed by atoms with Crippen LogP contribution in [0.2, 0.25) is 5.02 Å². The fraction of sp³-hybridized carbons (Fsp3) is 0.378. The van der Waals surface area contributed by atoms with Gasteiger partial charge in [-0.15, -0.1) is 0 Å². The lowest BCUT2D eigenvalue weighted by Gasteiger charge is -2.36. The van der Waals surface area contributed by atoms with Crippen LogP contribution >= 0.6 is 11.6 Å². The van der Waals surface area contributed by atoms with E-state index in [1.54, 1.807) is 30.1 Å². The van der Waals surface area contributed by atoms with Gasteiger partial charge in [0.1, 0.15) is 17.1 Å². The van der Waals surface area contributed by atoms with Gasteiger partial charge < -0.3 is 19.8 Å². The topological polar surface area (TPSA) is 126 Å². The number of benzene rings is 3. The first-order valence-electron chi connectivity index (χ1n) is 20.3. The van der Waals surface area contributed by atoms with E-state index in [1.807, 2.05) is 24.3 Å². The SMILES string of the molecule is O=C(NS(=O)(=O)c1ccc(NCC2CCOCC2)c(Cl)c1)c1ccc(C2=CCC(N3CCCC3c3ccccc3C3CC3)CC2)cc1Oc1cnc2[nH]ccc2c1. The van der Waals surface area contributed by atoms with Gasteiger partial charge in [-0.25, -0.2) is 18.1 Å². The van der Waals surface area contributed by atoms with E-state index in [2.05, 4.69) is 55.2 Å². The number of carbonyl (C=O) groups excluding carboxylic acids is 1. The first-order chi connectivity index (χ1) is 27.8. The second-order valence-electron chi connectivity index (χ2n) is 15.9. The molecule has 3 N–H and O–H groups in total. The van der Waals surface area contributed by atoms with Crippen LogP contribution in [0.3, 0.4) is 0 Å². The molecular formula is C45H48ClN5O5S. The number of ether oxygens (including phenoxy) is 2. The molecule has 3 aromatic carbocycles. The van der Waals surface area contributed by atoms with Crippen molar-refractivity contribution in [2.75, 3.05) is 31.6 Å². The Morgan fingerprint density at radius 1 is 0.965 bits per heavy atom. The van der Waals surface area contributed by atoms with Crippen LogP contribution in [0.1, 0.15) is 96.8 Å². The number of carbonyl (C=O) groups is 1. The number of H-pyrrole nitrogens is 1. The van der Waals surface area contributed by atoms with Gasteiger partial charge in [0.25, 0.3) is 15.9 Å². The summed E-state index contributed by atoms with van der Waals surface area (Å²) in [7, 11) is -4.28. The van der Waals surface area contributed by atoms with Gasteiger partial charge in [-0.05, 0) is 141 Å². The van der Waals surface area contributed by atoms with Crippen molar-refractivity contribution in [2.45, 2.75) is 80.7 Å². The van der Waals surface area contributed by atoms with Gasteiger partial charge >= 0.3 is 0 Å². The summed E-state index contributed by atoms with van der Waals surface area (Å²) in [5.41, 5.74) is 6.62. The molecule has 57 heavy (non-hydrogen) atoms. The molecule has 2 aromatic heterocycles. The lowest BCUT2D eigenvalue weighted by atomic mass is 9.88. The van der Waals surface area contributed by atoms with E-state index in [4.69, 9.17) is 21.1 Å². The molecular weight excluding hydrogens is 758 g/mol. The van der Waals surface area contributed by atoms with Gasteiger partial charge in [0.2, 0.25) is 0 Å². The summed E-state index contributed by atoms with van der Waals surface area (Å²) in [6.45, 7) is 3.30. The van der Waals surface area contributed by atoms with Crippen LogP contribution in [0.25, 0.3) is 16.6 Å². The van der Waals surface area contributed by atoms with Crippen molar-refractivity contribution in [2.24, 2.45) is 5.92 Å². The summed E-state index contributed by atoms with van der Waals surface area (Å²) in [4.78, 5) is 24.0. The summed E-state index contributed by atoms with van der Waals surface area (Å²) < 4.78 is 41.3. The average molecular weight is 806 g/mol. The van der Waals surface area contributed by atoms with Crippen molar-refractivity contribution in [1.82, 2.24) is 19.6 Å². The highest BCUT2D eigenvalue weighted by atomic mass is 35.5. The average Bonchev–Trinajstić information content (AvgIpc) is 3.77. The largest absolute Gasteiger partial charge is 0.455 e. The van der Waals surface area contributed by atoms with E-state index < -0.39 is 15.9 Å². The maximum absolute atomic E-state index is 13.9. The summed E-state index contributed by atoms with van der Waals surface area (Å²) in [5.74, 6) is 1.03. The second-order valence-corrected chi connectivity index (χ2v) is 18.0. The Kier molecular flexibility index (Phi) is 10.8. The first kappa shape index (κ1) is 37.9. The molecule has 2 aliphatic carbocycles. The van der Waals surface area contributed by atoms with Crippen LogP contribution in [0.15, 0.2) is 96.2 Å². The van der Waals surface area contributed by atoms with E-state index >= 15 is 0 Å². The highest BCUT2D eigenvalue weighted by Gasteiger charge is 2.36. The third-order valence-corrected chi connectivity index (χ3v) is 13.8. The van der Waals surface area contributed by atoms with Crippen LogP contribution in [0.5, 0.6) is 11.5 Å². The minimum atomic E-state index is -4.28. The number of hydrogen-bond donors (Lipinski definition) is 3. The number of rotatable bonds is 12. The van der Waals surface area contributed by atoms with Gasteiger partial charge in [-0.3, -0.25) is 9.69 Å². The number of likely N-dealkylation sites (tertiary alicyclic amines) is 1. The van der Waals surface area contributed by atoms with Crippen LogP contribution in [-0.2, 0) is 14.8 Å². The molecule has 0 spiro atoms. The van der Waals surface area contributed by atoms with Crippen molar-refractivity contribution in [3.05, 3.63) is 119 Å². The Morgan fingerprint density at radius 3 is 2.60 bits per heavy atom. The number of amides is 1. The molecule has 296 valence electrons. The minimum absolute atomic E-state index is 0.0841. The summed E-state index contributed by atoms with van der Waals surface area (Å²) >= 11 is 6.55. The van der Waals surface area contributed by atoms with Crippen molar-refractivity contribution in [3.63, 3.8) is 0 Å². The van der Waals surface area contributed by atoms with Crippen molar-refractivity contribution >= 4 is 49.8 Å². The lowest BCUT2D eigenvalue weighted by Crippen LogP contribution is -2.36. The maximum Gasteiger partial charge on any atom is 0.268 e. The molecule has 10 nitrogen and oxygen atoms in total. The predicted molar refractivity (Wildman–Crippen MR) is 223 cm³/mol. The van der Waals surface area contributed by atoms with E-state index in [-0.39, 0.29) is 21.2 Å². The number of pyridine rings is 1. The minimum Gasteiger partial charge on any atom is -0.455 e. The van der Waals surface area contributed by atoms with Gasteiger partial charge in [0, 0.05) is 43.4 Å². The van der Waals surface area contributed by atoms with Crippen LogP contribution in [0, 0.1) is 5.92 Å². The Morgan fingerprint density at radius 2 is 1.81 bits per heavy atom.